The number of rotatable bonds is 8. The molecule has 0 radical (unpaired) electrons. The van der Waals surface area contributed by atoms with E-state index in [1.165, 1.54) is 0 Å². The van der Waals surface area contributed by atoms with Crippen LogP contribution in [0.3, 0.4) is 0 Å². The van der Waals surface area contributed by atoms with Gasteiger partial charge in [0.2, 0.25) is 5.95 Å². The topological polar surface area (TPSA) is 118 Å². The molecule has 3 N–H and O–H groups in total. The number of anilines is 1. The molecule has 0 spiro atoms. The van der Waals surface area contributed by atoms with Gasteiger partial charge in [-0.3, -0.25) is 20.3 Å². The van der Waals surface area contributed by atoms with Gasteiger partial charge in [0.1, 0.15) is 11.5 Å². The fourth-order valence-electron chi connectivity index (χ4n) is 3.13. The number of amides is 1. The van der Waals surface area contributed by atoms with E-state index in [1.54, 1.807) is 20.3 Å². The van der Waals surface area contributed by atoms with Crippen LogP contribution in [0, 0.1) is 0 Å². The van der Waals surface area contributed by atoms with E-state index in [-0.39, 0.29) is 11.9 Å². The van der Waals surface area contributed by atoms with Crippen molar-refractivity contribution in [1.29, 1.82) is 0 Å². The number of nitrogens with zero attached hydrogens (tertiary/aromatic N) is 3. The van der Waals surface area contributed by atoms with Crippen LogP contribution < -0.4 is 14.8 Å². The average Bonchev–Trinajstić information content (AvgIpc) is 3.48. The third-order valence-corrected chi connectivity index (χ3v) is 4.75. The first kappa shape index (κ1) is 20.1. The largest absolute Gasteiger partial charge is 0.493 e. The third-order valence-electron chi connectivity index (χ3n) is 4.75. The van der Waals surface area contributed by atoms with E-state index >= 15 is 0 Å². The minimum absolute atomic E-state index is 0.211. The van der Waals surface area contributed by atoms with Crippen LogP contribution in [-0.4, -0.2) is 45.5 Å². The highest BCUT2D eigenvalue weighted by Crippen LogP contribution is 2.28. The highest BCUT2D eigenvalue weighted by Gasteiger charge is 2.14. The van der Waals surface area contributed by atoms with Crippen LogP contribution in [0.25, 0.3) is 11.3 Å². The molecular weight excluding hydrogens is 396 g/mol. The Balaban J connectivity index is 1.36. The second-order valence-electron chi connectivity index (χ2n) is 6.78. The Bertz CT molecular complexity index is 1170. The molecule has 2 aromatic heterocycles. The molecule has 4 aromatic rings. The van der Waals surface area contributed by atoms with Crippen molar-refractivity contribution in [3.05, 3.63) is 71.7 Å². The molecule has 0 saturated carbocycles. The summed E-state index contributed by atoms with van der Waals surface area (Å²) in [5.74, 6) is 1.88. The summed E-state index contributed by atoms with van der Waals surface area (Å²) in [6.45, 7) is 0. The Morgan fingerprint density at radius 3 is 2.52 bits per heavy atom. The van der Waals surface area contributed by atoms with Gasteiger partial charge in [-0.25, -0.2) is 0 Å². The number of aromatic amines is 2. The summed E-state index contributed by atoms with van der Waals surface area (Å²) in [5, 5.41) is 16.5. The number of carbonyl (C=O) groups is 1. The van der Waals surface area contributed by atoms with Crippen LogP contribution in [0.5, 0.6) is 11.5 Å². The zero-order valence-electron chi connectivity index (χ0n) is 17.2. The first-order valence-corrected chi connectivity index (χ1v) is 9.70. The maximum Gasteiger partial charge on any atom is 0.276 e. The maximum absolute atomic E-state index is 12.5. The highest BCUT2D eigenvalue weighted by molar-refractivity contribution is 6.02. The second kappa shape index (κ2) is 9.12. The number of nitrogens with one attached hydrogen (secondary N) is 3. The molecule has 31 heavy (non-hydrogen) atoms. The fourth-order valence-corrected chi connectivity index (χ4v) is 3.13. The Hall–Kier alpha value is -4.14. The Labute approximate surface area is 178 Å². The molecule has 158 valence electrons. The molecule has 0 saturated heterocycles. The Morgan fingerprint density at radius 1 is 0.935 bits per heavy atom. The van der Waals surface area contributed by atoms with E-state index in [1.807, 2.05) is 48.5 Å². The van der Waals surface area contributed by atoms with Gasteiger partial charge in [-0.05, 0) is 30.2 Å². The lowest BCUT2D eigenvalue weighted by atomic mass is 10.1. The molecule has 0 aliphatic rings. The molecule has 2 aromatic carbocycles. The van der Waals surface area contributed by atoms with Gasteiger partial charge in [0.05, 0.1) is 19.9 Å². The third kappa shape index (κ3) is 4.72. The van der Waals surface area contributed by atoms with Crippen molar-refractivity contribution >= 4 is 11.9 Å². The monoisotopic (exact) mass is 418 g/mol. The van der Waals surface area contributed by atoms with Gasteiger partial charge in [0.15, 0.2) is 11.5 Å². The molecule has 0 atom stereocenters. The van der Waals surface area contributed by atoms with Crippen molar-refractivity contribution in [1.82, 2.24) is 25.4 Å². The second-order valence-corrected chi connectivity index (χ2v) is 6.78. The molecular formula is C22H22N6O3. The van der Waals surface area contributed by atoms with Crippen LogP contribution >= 0.6 is 0 Å². The minimum Gasteiger partial charge on any atom is -0.493 e. The van der Waals surface area contributed by atoms with E-state index in [0.717, 1.165) is 17.5 Å². The van der Waals surface area contributed by atoms with Gasteiger partial charge in [0, 0.05) is 12.0 Å². The molecule has 0 aliphatic carbocycles. The number of hydrogen-bond acceptors (Lipinski definition) is 6. The van der Waals surface area contributed by atoms with Gasteiger partial charge in [0.25, 0.3) is 5.91 Å². The van der Waals surface area contributed by atoms with Gasteiger partial charge in [-0.15, -0.1) is 5.10 Å². The molecule has 9 heteroatoms. The van der Waals surface area contributed by atoms with Gasteiger partial charge in [-0.2, -0.15) is 10.1 Å². The van der Waals surface area contributed by atoms with Crippen LogP contribution in [0.1, 0.15) is 21.9 Å². The van der Waals surface area contributed by atoms with Crippen molar-refractivity contribution < 1.29 is 14.3 Å². The summed E-state index contributed by atoms with van der Waals surface area (Å²) >= 11 is 0. The molecule has 1 amide bonds. The summed E-state index contributed by atoms with van der Waals surface area (Å²) in [5.41, 5.74) is 3.02. The first-order chi connectivity index (χ1) is 15.2. The predicted octanol–water partition coefficient (Wildman–Crippen LogP) is 3.25. The Kier molecular flexibility index (Phi) is 5.93. The van der Waals surface area contributed by atoms with Gasteiger partial charge in [-0.1, -0.05) is 36.4 Å². The van der Waals surface area contributed by atoms with E-state index in [2.05, 4.69) is 30.7 Å². The van der Waals surface area contributed by atoms with Crippen LogP contribution in [-0.2, 0) is 12.8 Å². The standard InChI is InChI=1S/C22H22N6O3/c1-30-18-10-8-14(12-19(18)31-2)9-11-20-23-22(28-27-20)24-21(29)17-13-16(25-26-17)15-6-4-3-5-7-15/h3-8,10,12-13H,9,11H2,1-2H3,(H,25,26)(H2,23,24,27,28,29). The van der Waals surface area contributed by atoms with E-state index < -0.39 is 0 Å². The number of aromatic nitrogens is 5. The zero-order valence-corrected chi connectivity index (χ0v) is 17.2. The number of ether oxygens (including phenoxy) is 2. The quantitative estimate of drug-likeness (QED) is 0.404. The van der Waals surface area contributed by atoms with Crippen LogP contribution in [0.15, 0.2) is 54.6 Å². The summed E-state index contributed by atoms with van der Waals surface area (Å²) in [6, 6.07) is 17.1. The molecule has 2 heterocycles. The number of benzene rings is 2. The number of aryl methyl sites for hydroxylation is 2. The number of hydrogen-bond donors (Lipinski definition) is 3. The number of H-pyrrole nitrogens is 2. The van der Waals surface area contributed by atoms with E-state index in [9.17, 15) is 4.79 Å². The SMILES string of the molecule is COc1ccc(CCc2nc(NC(=O)c3cc(-c4ccccc4)n[nH]3)n[nH]2)cc1OC. The molecule has 0 fully saturated rings. The molecule has 0 bridgehead atoms. The summed E-state index contributed by atoms with van der Waals surface area (Å²) in [4.78, 5) is 16.8. The predicted molar refractivity (Wildman–Crippen MR) is 115 cm³/mol. The first-order valence-electron chi connectivity index (χ1n) is 9.70. The normalized spacial score (nSPS) is 10.6. The minimum atomic E-state index is -0.361. The van der Waals surface area contributed by atoms with Crippen LogP contribution in [0.4, 0.5) is 5.95 Å². The summed E-state index contributed by atoms with van der Waals surface area (Å²) < 4.78 is 10.6. The maximum atomic E-state index is 12.5. The van der Waals surface area contributed by atoms with Crippen molar-refractivity contribution in [2.45, 2.75) is 12.8 Å². The van der Waals surface area contributed by atoms with Gasteiger partial charge >= 0.3 is 0 Å². The van der Waals surface area contributed by atoms with Crippen molar-refractivity contribution in [2.75, 3.05) is 19.5 Å². The van der Waals surface area contributed by atoms with Crippen molar-refractivity contribution in [3.63, 3.8) is 0 Å². The van der Waals surface area contributed by atoms with E-state index in [0.29, 0.717) is 35.1 Å². The molecule has 0 aliphatic heterocycles. The Morgan fingerprint density at radius 2 is 1.74 bits per heavy atom. The molecule has 4 rings (SSSR count). The highest BCUT2D eigenvalue weighted by atomic mass is 16.5. The zero-order chi connectivity index (χ0) is 21.6. The lowest BCUT2D eigenvalue weighted by Gasteiger charge is -2.09. The fraction of sp³-hybridized carbons (Fsp3) is 0.182. The van der Waals surface area contributed by atoms with Crippen molar-refractivity contribution in [3.8, 4) is 22.8 Å². The van der Waals surface area contributed by atoms with Gasteiger partial charge < -0.3 is 9.47 Å². The number of carbonyl (C=O) groups excluding carboxylic acids is 1. The lowest BCUT2D eigenvalue weighted by molar-refractivity contribution is 0.102. The van der Waals surface area contributed by atoms with E-state index in [4.69, 9.17) is 9.47 Å². The molecule has 0 unspecified atom stereocenters. The smallest absolute Gasteiger partial charge is 0.276 e. The number of methoxy groups -OCH3 is 2. The summed E-state index contributed by atoms with van der Waals surface area (Å²) in [7, 11) is 3.21. The molecule has 9 nitrogen and oxygen atoms in total. The average molecular weight is 418 g/mol. The summed E-state index contributed by atoms with van der Waals surface area (Å²) in [6.07, 6.45) is 1.35. The van der Waals surface area contributed by atoms with Crippen molar-refractivity contribution in [2.24, 2.45) is 0 Å². The van der Waals surface area contributed by atoms with Crippen LogP contribution in [0.2, 0.25) is 0 Å². The lowest BCUT2D eigenvalue weighted by Crippen LogP contribution is -2.13.